The first-order valence-electron chi connectivity index (χ1n) is 9.59. The van der Waals surface area contributed by atoms with Crippen LogP contribution in [0.15, 0.2) is 71.6 Å². The summed E-state index contributed by atoms with van der Waals surface area (Å²) >= 11 is 1.61. The fourth-order valence-electron chi connectivity index (χ4n) is 3.40. The zero-order valence-electron chi connectivity index (χ0n) is 15.9. The predicted octanol–water partition coefficient (Wildman–Crippen LogP) is 4.92. The quantitative estimate of drug-likeness (QED) is 0.444. The average Bonchev–Trinajstić information content (AvgIpc) is 3.10. The van der Waals surface area contributed by atoms with Crippen molar-refractivity contribution in [3.63, 3.8) is 0 Å². The largest absolute Gasteiger partial charge is 0.338 e. The van der Waals surface area contributed by atoms with E-state index in [1.807, 2.05) is 54.6 Å². The van der Waals surface area contributed by atoms with Gasteiger partial charge in [-0.05, 0) is 42.5 Å². The highest BCUT2D eigenvalue weighted by atomic mass is 32.2. The lowest BCUT2D eigenvalue weighted by Crippen LogP contribution is -2.14. The Labute approximate surface area is 177 Å². The molecule has 0 saturated carbocycles. The predicted molar refractivity (Wildman–Crippen MR) is 120 cm³/mol. The number of fused-ring (bicyclic) bond motifs is 2. The molecule has 0 bridgehead atoms. The van der Waals surface area contributed by atoms with Gasteiger partial charge in [0, 0.05) is 33.9 Å². The average molecular weight is 414 g/mol. The molecule has 7 heteroatoms. The summed E-state index contributed by atoms with van der Waals surface area (Å²) in [4.78, 5) is 33.5. The van der Waals surface area contributed by atoms with Gasteiger partial charge in [0.15, 0.2) is 0 Å². The molecule has 2 amide bonds. The van der Waals surface area contributed by atoms with Gasteiger partial charge >= 0.3 is 0 Å². The van der Waals surface area contributed by atoms with Crippen LogP contribution in [0.1, 0.15) is 16.8 Å². The number of anilines is 2. The van der Waals surface area contributed by atoms with Crippen molar-refractivity contribution in [3.8, 4) is 11.4 Å². The number of hydrogen-bond acceptors (Lipinski definition) is 4. The number of hydrogen-bond donors (Lipinski definition) is 3. The molecule has 6 nitrogen and oxygen atoms in total. The fraction of sp³-hybridized carbons (Fsp3) is 0.0870. The summed E-state index contributed by atoms with van der Waals surface area (Å²) < 4.78 is 0. The third-order valence-corrected chi connectivity index (χ3v) is 5.96. The van der Waals surface area contributed by atoms with Crippen molar-refractivity contribution < 1.29 is 9.59 Å². The number of aromatic amines is 1. The Morgan fingerprint density at radius 1 is 1.03 bits per heavy atom. The van der Waals surface area contributed by atoms with Crippen molar-refractivity contribution in [3.05, 3.63) is 72.3 Å². The Bertz CT molecular complexity index is 1250. The fourth-order valence-corrected chi connectivity index (χ4v) is 4.34. The maximum atomic E-state index is 12.8. The van der Waals surface area contributed by atoms with Crippen molar-refractivity contribution in [2.24, 2.45) is 0 Å². The first-order valence-corrected chi connectivity index (χ1v) is 10.6. The number of carbonyl (C=O) groups excluding carboxylic acids is 2. The van der Waals surface area contributed by atoms with Gasteiger partial charge in [0.1, 0.15) is 5.82 Å². The number of rotatable bonds is 3. The minimum Gasteiger partial charge on any atom is -0.338 e. The van der Waals surface area contributed by atoms with E-state index < -0.39 is 0 Å². The van der Waals surface area contributed by atoms with Crippen LogP contribution < -0.4 is 10.6 Å². The summed E-state index contributed by atoms with van der Waals surface area (Å²) in [5.74, 6) is 1.22. The molecule has 0 spiro atoms. The highest BCUT2D eigenvalue weighted by molar-refractivity contribution is 7.99. The van der Waals surface area contributed by atoms with Gasteiger partial charge in [-0.2, -0.15) is 0 Å². The van der Waals surface area contributed by atoms with E-state index in [2.05, 4.69) is 20.6 Å². The Kier molecular flexibility index (Phi) is 4.72. The molecule has 1 aliphatic rings. The smallest absolute Gasteiger partial charge is 0.255 e. The second kappa shape index (κ2) is 7.68. The molecule has 0 aliphatic carbocycles. The summed E-state index contributed by atoms with van der Waals surface area (Å²) in [7, 11) is 0. The van der Waals surface area contributed by atoms with Gasteiger partial charge in [-0.1, -0.05) is 24.3 Å². The van der Waals surface area contributed by atoms with Crippen molar-refractivity contribution in [2.75, 3.05) is 16.4 Å². The van der Waals surface area contributed by atoms with E-state index >= 15 is 0 Å². The van der Waals surface area contributed by atoms with Gasteiger partial charge in [0.25, 0.3) is 5.91 Å². The van der Waals surface area contributed by atoms with Crippen LogP contribution >= 0.6 is 11.8 Å². The van der Waals surface area contributed by atoms with E-state index in [-0.39, 0.29) is 11.8 Å². The molecule has 30 heavy (non-hydrogen) atoms. The van der Waals surface area contributed by atoms with Crippen LogP contribution in [0.2, 0.25) is 0 Å². The van der Waals surface area contributed by atoms with Crippen molar-refractivity contribution >= 4 is 46.0 Å². The molecule has 3 N–H and O–H groups in total. The number of H-pyrrole nitrogens is 1. The molecular formula is C23H18N4O2S. The summed E-state index contributed by atoms with van der Waals surface area (Å²) in [5, 5.41) is 5.81. The van der Waals surface area contributed by atoms with Crippen LogP contribution in [-0.2, 0) is 4.79 Å². The van der Waals surface area contributed by atoms with E-state index in [4.69, 9.17) is 0 Å². The molecule has 1 aromatic heterocycles. The lowest BCUT2D eigenvalue weighted by molar-refractivity contribution is -0.115. The number of thioether (sulfide) groups is 1. The maximum Gasteiger partial charge on any atom is 0.255 e. The molecule has 0 fully saturated rings. The van der Waals surface area contributed by atoms with Gasteiger partial charge in [-0.25, -0.2) is 4.98 Å². The van der Waals surface area contributed by atoms with Gasteiger partial charge in [0.05, 0.1) is 16.7 Å². The van der Waals surface area contributed by atoms with Crippen LogP contribution in [0.3, 0.4) is 0 Å². The van der Waals surface area contributed by atoms with Crippen LogP contribution in [0.25, 0.3) is 22.4 Å². The minimum absolute atomic E-state index is 0.0302. The molecule has 0 unspecified atom stereocenters. The number of imidazole rings is 1. The molecule has 0 atom stereocenters. The van der Waals surface area contributed by atoms with E-state index in [0.29, 0.717) is 23.4 Å². The standard InChI is InChI=1S/C23H18N4O2S/c28-21-10-11-30-20-9-8-15(13-19(20)25-21)23(29)24-16-5-3-4-14(12-16)22-26-17-6-1-2-7-18(17)27-22/h1-9,12-13H,10-11H2,(H,24,29)(H,25,28)(H,26,27). The lowest BCUT2D eigenvalue weighted by atomic mass is 10.1. The maximum absolute atomic E-state index is 12.8. The molecule has 148 valence electrons. The molecule has 3 aromatic carbocycles. The van der Waals surface area contributed by atoms with Crippen molar-refractivity contribution in [1.29, 1.82) is 0 Å². The first-order chi connectivity index (χ1) is 14.7. The van der Waals surface area contributed by atoms with Gasteiger partial charge < -0.3 is 15.6 Å². The van der Waals surface area contributed by atoms with E-state index in [9.17, 15) is 9.59 Å². The van der Waals surface area contributed by atoms with Crippen molar-refractivity contribution in [1.82, 2.24) is 9.97 Å². The minimum atomic E-state index is -0.233. The highest BCUT2D eigenvalue weighted by Crippen LogP contribution is 2.32. The van der Waals surface area contributed by atoms with Crippen LogP contribution in [0.4, 0.5) is 11.4 Å². The third kappa shape index (κ3) is 3.67. The Hall–Kier alpha value is -3.58. The topological polar surface area (TPSA) is 86.9 Å². The van der Waals surface area contributed by atoms with Crippen LogP contribution in [0, 0.1) is 0 Å². The lowest BCUT2D eigenvalue weighted by Gasteiger charge is -2.10. The molecule has 1 aliphatic heterocycles. The van der Waals surface area contributed by atoms with Gasteiger partial charge in [-0.3, -0.25) is 9.59 Å². The van der Waals surface area contributed by atoms with Crippen LogP contribution in [-0.4, -0.2) is 27.5 Å². The summed E-state index contributed by atoms with van der Waals surface area (Å²) in [5.41, 5.74) is 4.59. The highest BCUT2D eigenvalue weighted by Gasteiger charge is 2.16. The second-order valence-electron chi connectivity index (χ2n) is 7.00. The number of carbonyl (C=O) groups is 2. The molecule has 5 rings (SSSR count). The zero-order chi connectivity index (χ0) is 20.5. The molecule has 4 aromatic rings. The van der Waals surface area contributed by atoms with E-state index in [1.54, 1.807) is 23.9 Å². The van der Waals surface area contributed by atoms with Crippen LogP contribution in [0.5, 0.6) is 0 Å². The van der Waals surface area contributed by atoms with Gasteiger partial charge in [-0.15, -0.1) is 11.8 Å². The zero-order valence-corrected chi connectivity index (χ0v) is 16.8. The molecule has 0 radical (unpaired) electrons. The van der Waals surface area contributed by atoms with E-state index in [0.717, 1.165) is 33.1 Å². The Balaban J connectivity index is 1.39. The van der Waals surface area contributed by atoms with Gasteiger partial charge in [0.2, 0.25) is 5.91 Å². The summed E-state index contributed by atoms with van der Waals surface area (Å²) in [6.45, 7) is 0. The monoisotopic (exact) mass is 414 g/mol. The Morgan fingerprint density at radius 2 is 1.93 bits per heavy atom. The molecule has 2 heterocycles. The van der Waals surface area contributed by atoms with Crippen molar-refractivity contribution in [2.45, 2.75) is 11.3 Å². The summed E-state index contributed by atoms with van der Waals surface area (Å²) in [6.07, 6.45) is 0.468. The SMILES string of the molecule is O=C1CCSc2ccc(C(=O)Nc3cccc(-c4nc5ccccc5[nH]4)c3)cc2N1. The van der Waals surface area contributed by atoms with E-state index in [1.165, 1.54) is 0 Å². The second-order valence-corrected chi connectivity index (χ2v) is 8.13. The number of para-hydroxylation sites is 2. The normalized spacial score (nSPS) is 13.4. The number of aromatic nitrogens is 2. The molecule has 0 saturated heterocycles. The number of nitrogens with one attached hydrogen (secondary N) is 3. The molecular weight excluding hydrogens is 396 g/mol. The number of amides is 2. The number of benzene rings is 3. The Morgan fingerprint density at radius 3 is 2.83 bits per heavy atom. The number of nitrogens with zero attached hydrogens (tertiary/aromatic N) is 1. The summed E-state index contributed by atoms with van der Waals surface area (Å²) in [6, 6.07) is 20.8. The first kappa shape index (κ1) is 18.4. The third-order valence-electron chi connectivity index (χ3n) is 4.89.